The second kappa shape index (κ2) is 11.1. The van der Waals surface area contributed by atoms with Crippen molar-refractivity contribution in [1.82, 2.24) is 19.1 Å². The molecule has 0 atom stereocenters. The number of nitrogens with zero attached hydrogens (tertiary/aromatic N) is 4. The summed E-state index contributed by atoms with van der Waals surface area (Å²) >= 11 is 0. The zero-order valence-corrected chi connectivity index (χ0v) is 18.3. The minimum atomic E-state index is -0.340. The molecular weight excluding hydrogens is 404 g/mol. The molecule has 1 N–H and O–H groups in total. The van der Waals surface area contributed by atoms with Gasteiger partial charge in [-0.3, -0.25) is 0 Å². The Morgan fingerprint density at radius 1 is 0.969 bits per heavy atom. The Hall–Kier alpha value is -3.71. The number of esters is 1. The molecule has 0 fully saturated rings. The lowest BCUT2D eigenvalue weighted by Crippen LogP contribution is -2.01. The summed E-state index contributed by atoms with van der Waals surface area (Å²) in [6, 6.07) is 11.2. The van der Waals surface area contributed by atoms with Crippen LogP contribution < -0.4 is 0 Å². The van der Waals surface area contributed by atoms with E-state index in [9.17, 15) is 4.79 Å². The average molecular weight is 433 g/mol. The van der Waals surface area contributed by atoms with Gasteiger partial charge in [0.15, 0.2) is 0 Å². The standard InChI is InChI=1S/C13H14N2O2.C12H14N2O/c1-3-4-7-15-9-14-11-8-10(13(16)17-2)5-6-12(11)15;1-2-3-6-14-9-13-11-7-10(8-15)4-5-12(11)14/h3,5-6,8-9H,1,4,7H2,2H3;2,4-5,7,9,15H,1,3,6,8H2. The fourth-order valence-corrected chi connectivity index (χ4v) is 3.33. The minimum Gasteiger partial charge on any atom is -0.465 e. The number of fused-ring (bicyclic) bond motifs is 2. The molecule has 32 heavy (non-hydrogen) atoms. The van der Waals surface area contributed by atoms with Crippen molar-refractivity contribution in [2.45, 2.75) is 32.5 Å². The number of carbonyl (C=O) groups is 1. The van der Waals surface area contributed by atoms with E-state index in [-0.39, 0.29) is 12.6 Å². The van der Waals surface area contributed by atoms with Crippen molar-refractivity contribution in [3.63, 3.8) is 0 Å². The second-order valence-electron chi connectivity index (χ2n) is 7.21. The van der Waals surface area contributed by atoms with Crippen LogP contribution in [-0.2, 0) is 24.4 Å². The molecule has 0 spiro atoms. The summed E-state index contributed by atoms with van der Waals surface area (Å²) in [5.74, 6) is -0.340. The van der Waals surface area contributed by atoms with Crippen LogP contribution in [0.1, 0.15) is 28.8 Å². The molecule has 0 saturated heterocycles. The predicted octanol–water partition coefficient (Wildman–Crippen LogP) is 4.50. The zero-order valence-electron chi connectivity index (χ0n) is 18.3. The summed E-state index contributed by atoms with van der Waals surface area (Å²) in [5, 5.41) is 9.00. The van der Waals surface area contributed by atoms with Crippen LogP contribution >= 0.6 is 0 Å². The van der Waals surface area contributed by atoms with Gasteiger partial charge in [0.1, 0.15) is 0 Å². The quantitative estimate of drug-likeness (QED) is 0.327. The van der Waals surface area contributed by atoms with Gasteiger partial charge in [-0.25, -0.2) is 14.8 Å². The summed E-state index contributed by atoms with van der Waals surface area (Å²) in [6.07, 6.45) is 9.20. The van der Waals surface area contributed by atoms with Crippen LogP contribution in [0.2, 0.25) is 0 Å². The SMILES string of the molecule is C=CCCn1cnc2cc(C(=O)OC)ccc21.C=CCCn1cnc2cc(CO)ccc21. The van der Waals surface area contributed by atoms with E-state index in [1.807, 2.05) is 47.3 Å². The van der Waals surface area contributed by atoms with E-state index in [1.165, 1.54) is 7.11 Å². The Morgan fingerprint density at radius 3 is 2.06 bits per heavy atom. The highest BCUT2D eigenvalue weighted by atomic mass is 16.5. The maximum atomic E-state index is 11.4. The number of aromatic nitrogens is 4. The van der Waals surface area contributed by atoms with Crippen molar-refractivity contribution < 1.29 is 14.6 Å². The smallest absolute Gasteiger partial charge is 0.337 e. The van der Waals surface area contributed by atoms with Gasteiger partial charge < -0.3 is 19.0 Å². The van der Waals surface area contributed by atoms with Crippen molar-refractivity contribution in [2.75, 3.05) is 7.11 Å². The Labute approximate surface area is 187 Å². The molecule has 2 aromatic carbocycles. The molecular formula is C25H28N4O3. The Balaban J connectivity index is 0.000000182. The van der Waals surface area contributed by atoms with E-state index in [1.54, 1.807) is 18.5 Å². The summed E-state index contributed by atoms with van der Waals surface area (Å²) < 4.78 is 8.81. The van der Waals surface area contributed by atoms with Crippen LogP contribution in [0, 0.1) is 0 Å². The van der Waals surface area contributed by atoms with Crippen molar-refractivity contribution in [3.8, 4) is 0 Å². The Bertz CT molecular complexity index is 1220. The zero-order chi connectivity index (χ0) is 22.9. The molecule has 7 heteroatoms. The Morgan fingerprint density at radius 2 is 1.53 bits per heavy atom. The average Bonchev–Trinajstić information content (AvgIpc) is 3.44. The van der Waals surface area contributed by atoms with Crippen molar-refractivity contribution >= 4 is 28.0 Å². The van der Waals surface area contributed by atoms with Gasteiger partial charge in [0.25, 0.3) is 0 Å². The van der Waals surface area contributed by atoms with Gasteiger partial charge in [-0.15, -0.1) is 13.2 Å². The molecule has 0 aliphatic heterocycles. The van der Waals surface area contributed by atoms with Crippen molar-refractivity contribution in [1.29, 1.82) is 0 Å². The van der Waals surface area contributed by atoms with E-state index >= 15 is 0 Å². The van der Waals surface area contributed by atoms with Crippen LogP contribution in [0.3, 0.4) is 0 Å². The number of allylic oxidation sites excluding steroid dienone is 2. The molecule has 0 aliphatic carbocycles. The van der Waals surface area contributed by atoms with Crippen LogP contribution in [0.15, 0.2) is 74.4 Å². The van der Waals surface area contributed by atoms with Gasteiger partial charge in [-0.05, 0) is 48.7 Å². The maximum Gasteiger partial charge on any atom is 0.337 e. The molecule has 0 bridgehead atoms. The first-order chi connectivity index (χ1) is 15.6. The van der Waals surface area contributed by atoms with Crippen molar-refractivity contribution in [3.05, 3.63) is 85.5 Å². The largest absolute Gasteiger partial charge is 0.465 e. The first-order valence-corrected chi connectivity index (χ1v) is 10.4. The lowest BCUT2D eigenvalue weighted by atomic mass is 10.2. The molecule has 0 saturated carbocycles. The molecule has 0 radical (unpaired) electrons. The van der Waals surface area contributed by atoms with E-state index in [4.69, 9.17) is 5.11 Å². The number of methoxy groups -OCH3 is 1. The van der Waals surface area contributed by atoms with Gasteiger partial charge in [-0.2, -0.15) is 0 Å². The van der Waals surface area contributed by atoms with Gasteiger partial charge in [-0.1, -0.05) is 18.2 Å². The fourth-order valence-electron chi connectivity index (χ4n) is 3.33. The number of aliphatic hydroxyl groups is 1. The highest BCUT2D eigenvalue weighted by Gasteiger charge is 2.08. The molecule has 2 heterocycles. The fraction of sp³-hybridized carbons (Fsp3) is 0.240. The molecule has 4 aromatic rings. The lowest BCUT2D eigenvalue weighted by Gasteiger charge is -2.02. The number of aryl methyl sites for hydroxylation is 2. The minimum absolute atomic E-state index is 0.0649. The first kappa shape index (κ1) is 23.0. The highest BCUT2D eigenvalue weighted by molar-refractivity contribution is 5.93. The number of hydrogen-bond donors (Lipinski definition) is 1. The van der Waals surface area contributed by atoms with Gasteiger partial charge in [0.2, 0.25) is 0 Å². The first-order valence-electron chi connectivity index (χ1n) is 10.4. The number of hydrogen-bond acceptors (Lipinski definition) is 5. The van der Waals surface area contributed by atoms with Crippen molar-refractivity contribution in [2.24, 2.45) is 0 Å². The third-order valence-corrected chi connectivity index (χ3v) is 5.06. The lowest BCUT2D eigenvalue weighted by molar-refractivity contribution is 0.0601. The number of ether oxygens (including phenoxy) is 1. The predicted molar refractivity (Wildman–Crippen MR) is 126 cm³/mol. The highest BCUT2D eigenvalue weighted by Crippen LogP contribution is 2.17. The normalized spacial score (nSPS) is 10.6. The monoisotopic (exact) mass is 432 g/mol. The summed E-state index contributed by atoms with van der Waals surface area (Å²) in [6.45, 7) is 9.21. The third kappa shape index (κ3) is 5.31. The Kier molecular flexibility index (Phi) is 7.94. The molecule has 0 aliphatic rings. The second-order valence-corrected chi connectivity index (χ2v) is 7.21. The maximum absolute atomic E-state index is 11.4. The van der Waals surface area contributed by atoms with Crippen LogP contribution in [0.25, 0.3) is 22.1 Å². The third-order valence-electron chi connectivity index (χ3n) is 5.06. The van der Waals surface area contributed by atoms with Gasteiger partial charge >= 0.3 is 5.97 Å². The van der Waals surface area contributed by atoms with E-state index in [2.05, 4.69) is 32.4 Å². The molecule has 2 aromatic heterocycles. The summed E-state index contributed by atoms with van der Waals surface area (Å²) in [4.78, 5) is 19.9. The van der Waals surface area contributed by atoms with E-state index in [0.717, 1.165) is 53.6 Å². The van der Waals surface area contributed by atoms with E-state index < -0.39 is 0 Å². The van der Waals surface area contributed by atoms with Gasteiger partial charge in [0, 0.05) is 13.1 Å². The number of imidazole rings is 2. The molecule has 7 nitrogen and oxygen atoms in total. The van der Waals surface area contributed by atoms with Crippen LogP contribution in [0.4, 0.5) is 0 Å². The van der Waals surface area contributed by atoms with Crippen LogP contribution in [-0.4, -0.2) is 37.3 Å². The number of carbonyl (C=O) groups excluding carboxylic acids is 1. The topological polar surface area (TPSA) is 82.2 Å². The summed E-state index contributed by atoms with van der Waals surface area (Å²) in [7, 11) is 1.37. The number of benzene rings is 2. The van der Waals surface area contributed by atoms with E-state index in [0.29, 0.717) is 5.56 Å². The molecule has 166 valence electrons. The number of aliphatic hydroxyl groups excluding tert-OH is 1. The summed E-state index contributed by atoms with van der Waals surface area (Å²) in [5.41, 5.74) is 5.28. The van der Waals surface area contributed by atoms with Crippen LogP contribution in [0.5, 0.6) is 0 Å². The molecule has 0 unspecified atom stereocenters. The van der Waals surface area contributed by atoms with Gasteiger partial charge in [0.05, 0.1) is 54.0 Å². The molecule has 0 amide bonds. The number of rotatable bonds is 8. The molecule has 4 rings (SSSR count).